The van der Waals surface area contributed by atoms with Gasteiger partial charge < -0.3 is 5.32 Å². The fourth-order valence-electron chi connectivity index (χ4n) is 9.24. The third-order valence-electron chi connectivity index (χ3n) is 11.5. The van der Waals surface area contributed by atoms with Crippen LogP contribution in [0, 0.1) is 0 Å². The predicted molar refractivity (Wildman–Crippen MR) is 219 cm³/mol. The lowest BCUT2D eigenvalue weighted by atomic mass is 9.88. The summed E-state index contributed by atoms with van der Waals surface area (Å²) in [5, 5.41) is 9.97. The number of rotatable bonds is 3. The molecule has 2 heteroatoms. The third-order valence-corrected chi connectivity index (χ3v) is 11.5. The highest BCUT2D eigenvalue weighted by atomic mass is 14.9. The van der Waals surface area contributed by atoms with Crippen LogP contribution in [-0.2, 0) is 0 Å². The van der Waals surface area contributed by atoms with Gasteiger partial charge in [-0.25, -0.2) is 4.98 Å². The Balaban J connectivity index is 1.13. The van der Waals surface area contributed by atoms with E-state index in [2.05, 4.69) is 169 Å². The Labute approximate surface area is 301 Å². The summed E-state index contributed by atoms with van der Waals surface area (Å²) in [5.41, 5.74) is 20.8. The monoisotopic (exact) mass is 658 g/mol. The molecule has 240 valence electrons. The first-order valence-corrected chi connectivity index (χ1v) is 18.1. The van der Waals surface area contributed by atoms with E-state index in [1.165, 1.54) is 93.9 Å². The first-order chi connectivity index (χ1) is 25.8. The van der Waals surface area contributed by atoms with Crippen LogP contribution in [-0.4, -0.2) is 11.5 Å². The van der Waals surface area contributed by atoms with E-state index in [1.807, 2.05) is 0 Å². The lowest BCUT2D eigenvalue weighted by molar-refractivity contribution is 1.30. The largest absolute Gasteiger partial charge is 0.379 e. The molecule has 9 aromatic rings. The smallest absolute Gasteiger partial charge is 0.0947 e. The topological polar surface area (TPSA) is 24.9 Å². The lowest BCUT2D eigenvalue weighted by Gasteiger charge is -2.17. The van der Waals surface area contributed by atoms with Crippen LogP contribution >= 0.6 is 0 Å². The van der Waals surface area contributed by atoms with E-state index in [0.717, 1.165) is 34.4 Å². The molecule has 2 nitrogen and oxygen atoms in total. The molecule has 8 aromatic carbocycles. The molecule has 1 N–H and O–H groups in total. The highest BCUT2D eigenvalue weighted by Crippen LogP contribution is 2.52. The van der Waals surface area contributed by atoms with Crippen molar-refractivity contribution in [1.29, 1.82) is 0 Å². The van der Waals surface area contributed by atoms with Crippen molar-refractivity contribution in [1.82, 2.24) is 4.98 Å². The third kappa shape index (κ3) is 3.81. The van der Waals surface area contributed by atoms with E-state index < -0.39 is 0 Å². The molecule has 0 fully saturated rings. The molecule has 0 atom stereocenters. The van der Waals surface area contributed by atoms with Gasteiger partial charge in [-0.05, 0) is 118 Å². The van der Waals surface area contributed by atoms with Gasteiger partial charge in [0.2, 0.25) is 0 Å². The van der Waals surface area contributed by atoms with E-state index >= 15 is 0 Å². The number of pyridine rings is 1. The summed E-state index contributed by atoms with van der Waals surface area (Å²) in [6.07, 6.45) is 4.36. The molecule has 0 spiro atoms. The van der Waals surface area contributed by atoms with Crippen molar-refractivity contribution < 1.29 is 0 Å². The maximum atomic E-state index is 5.39. The van der Waals surface area contributed by atoms with Gasteiger partial charge >= 0.3 is 0 Å². The Morgan fingerprint density at radius 3 is 1.52 bits per heavy atom. The maximum absolute atomic E-state index is 5.39. The van der Waals surface area contributed by atoms with Crippen LogP contribution in [0.5, 0.6) is 0 Å². The summed E-state index contributed by atoms with van der Waals surface area (Å²) >= 11 is 0. The molecule has 2 heterocycles. The first kappa shape index (κ1) is 28.0. The molecule has 1 aromatic heterocycles. The minimum atomic E-state index is 0.807. The van der Waals surface area contributed by atoms with Gasteiger partial charge in [-0.15, -0.1) is 0 Å². The van der Waals surface area contributed by atoms with Crippen LogP contribution in [0.3, 0.4) is 0 Å². The summed E-state index contributed by atoms with van der Waals surface area (Å²) < 4.78 is 0. The molecule has 0 unspecified atom stereocenters. The normalized spacial score (nSPS) is 13.0. The fourth-order valence-corrected chi connectivity index (χ4v) is 9.24. The zero-order chi connectivity index (χ0) is 33.9. The first-order valence-electron chi connectivity index (χ1n) is 18.1. The second-order valence-corrected chi connectivity index (χ2v) is 14.2. The Hall–Kier alpha value is -6.77. The van der Waals surface area contributed by atoms with Crippen LogP contribution in [0.4, 0.5) is 5.69 Å². The Morgan fingerprint density at radius 2 is 0.923 bits per heavy atom. The lowest BCUT2D eigenvalue weighted by Crippen LogP contribution is -2.05. The highest BCUT2D eigenvalue weighted by Gasteiger charge is 2.25. The number of hydrogen-bond acceptors (Lipinski definition) is 2. The fraction of sp³-hybridized carbons (Fsp3) is 0.0200. The van der Waals surface area contributed by atoms with E-state index in [-0.39, 0.29) is 0 Å². The van der Waals surface area contributed by atoms with Crippen molar-refractivity contribution in [3.05, 3.63) is 163 Å². The molecule has 0 bridgehead atoms. The molecule has 0 amide bonds. The second kappa shape index (κ2) is 10.4. The highest BCUT2D eigenvalue weighted by molar-refractivity contribution is 6.20. The molecule has 1 aliphatic heterocycles. The quantitative estimate of drug-likeness (QED) is 0.204. The molecular formula is C50H30N2. The number of aromatic nitrogens is 1. The van der Waals surface area contributed by atoms with Gasteiger partial charge in [0.15, 0.2) is 0 Å². The molecule has 0 saturated heterocycles. The summed E-state index contributed by atoms with van der Waals surface area (Å²) in [5.74, 6) is 0. The van der Waals surface area contributed by atoms with E-state index in [1.54, 1.807) is 0 Å². The average Bonchev–Trinajstić information content (AvgIpc) is 3.72. The summed E-state index contributed by atoms with van der Waals surface area (Å²) in [7, 11) is 0. The number of nitrogens with one attached hydrogen (secondary N) is 1. The van der Waals surface area contributed by atoms with Gasteiger partial charge in [-0.3, -0.25) is 0 Å². The molecule has 2 aliphatic carbocycles. The van der Waals surface area contributed by atoms with Gasteiger partial charge in [0, 0.05) is 17.5 Å². The SMILES string of the molecule is C1=Cc2ccc3ccc(-c4cc(-c5ccc6c7c(cccc57)-c5ccccc5-6)cc(-c5ccc6c7c(cccc57)-c5ccccc5-6)c4)nc3c2NC1. The maximum Gasteiger partial charge on any atom is 0.0947 e. The number of fused-ring (bicyclic) bond motifs is 9. The Kier molecular flexibility index (Phi) is 5.59. The number of hydrogen-bond donors (Lipinski definition) is 1. The van der Waals surface area contributed by atoms with E-state index in [0.29, 0.717) is 0 Å². The number of benzene rings is 8. The van der Waals surface area contributed by atoms with Gasteiger partial charge in [0.05, 0.1) is 16.9 Å². The molecular weight excluding hydrogens is 629 g/mol. The predicted octanol–water partition coefficient (Wildman–Crippen LogP) is 13.3. The van der Waals surface area contributed by atoms with Crippen molar-refractivity contribution in [2.24, 2.45) is 0 Å². The van der Waals surface area contributed by atoms with Crippen molar-refractivity contribution in [3.8, 4) is 78.0 Å². The average molecular weight is 659 g/mol. The van der Waals surface area contributed by atoms with Crippen LogP contribution in [0.25, 0.3) is 117 Å². The standard InChI is InChI=1S/C50H30N2/c1-3-11-38-36(9-1)42-15-5-13-40-34(20-22-44(38)47(40)42)31-26-32(35-21-23-45-39-12-4-2-10-37(39)43-16-6-14-41(35)48(43)45)28-33(27-31)46-24-19-30-18-17-29-8-7-25-51-49(29)50(30)52-46/h1-24,26-28,51H,25H2. The van der Waals surface area contributed by atoms with Gasteiger partial charge in [-0.2, -0.15) is 0 Å². The van der Waals surface area contributed by atoms with Gasteiger partial charge in [0.25, 0.3) is 0 Å². The molecule has 0 radical (unpaired) electrons. The van der Waals surface area contributed by atoms with Gasteiger partial charge in [0.1, 0.15) is 0 Å². The summed E-state index contributed by atoms with van der Waals surface area (Å²) in [6.45, 7) is 0.807. The Bertz CT molecular complexity index is 2860. The minimum absolute atomic E-state index is 0.807. The summed E-state index contributed by atoms with van der Waals surface area (Å²) in [6, 6.07) is 56.4. The van der Waals surface area contributed by atoms with Crippen LogP contribution in [0.2, 0.25) is 0 Å². The molecule has 52 heavy (non-hydrogen) atoms. The van der Waals surface area contributed by atoms with Crippen molar-refractivity contribution >= 4 is 44.2 Å². The Morgan fingerprint density at radius 1 is 0.423 bits per heavy atom. The van der Waals surface area contributed by atoms with Crippen LogP contribution in [0.15, 0.2) is 158 Å². The molecule has 12 rings (SSSR count). The molecule has 0 saturated carbocycles. The van der Waals surface area contributed by atoms with E-state index in [9.17, 15) is 0 Å². The van der Waals surface area contributed by atoms with Gasteiger partial charge in [-0.1, -0.05) is 140 Å². The minimum Gasteiger partial charge on any atom is -0.379 e. The zero-order valence-corrected chi connectivity index (χ0v) is 28.2. The number of nitrogens with zero attached hydrogens (tertiary/aromatic N) is 1. The van der Waals surface area contributed by atoms with Crippen LogP contribution < -0.4 is 5.32 Å². The number of anilines is 1. The van der Waals surface area contributed by atoms with Crippen LogP contribution in [0.1, 0.15) is 5.56 Å². The second-order valence-electron chi connectivity index (χ2n) is 14.2. The van der Waals surface area contributed by atoms with Crippen molar-refractivity contribution in [2.45, 2.75) is 0 Å². The van der Waals surface area contributed by atoms with Crippen molar-refractivity contribution in [2.75, 3.05) is 11.9 Å². The van der Waals surface area contributed by atoms with Crippen molar-refractivity contribution in [3.63, 3.8) is 0 Å². The zero-order valence-electron chi connectivity index (χ0n) is 28.2. The summed E-state index contributed by atoms with van der Waals surface area (Å²) in [4.78, 5) is 5.39. The molecule has 3 aliphatic rings. The van der Waals surface area contributed by atoms with E-state index in [4.69, 9.17) is 4.98 Å².